The molecular formula is C4H5N2O2S-. The van der Waals surface area contributed by atoms with Crippen LogP contribution in [-0.4, -0.2) is 4.21 Å². The van der Waals surface area contributed by atoms with E-state index in [9.17, 15) is 10.4 Å². The van der Waals surface area contributed by atoms with Crippen LogP contribution >= 0.6 is 11.9 Å². The topological polar surface area (TPSA) is 72.1 Å². The van der Waals surface area contributed by atoms with E-state index < -0.39 is 4.21 Å². The van der Waals surface area contributed by atoms with E-state index in [1.165, 1.54) is 11.5 Å². The van der Waals surface area contributed by atoms with E-state index in [0.717, 1.165) is 0 Å². The molecular weight excluding hydrogens is 140 g/mol. The van der Waals surface area contributed by atoms with Gasteiger partial charge in [-0.15, -0.1) is 0 Å². The molecule has 1 heterocycles. The molecule has 0 atom stereocenters. The number of hydrogen-bond donors (Lipinski definition) is 1. The molecule has 0 amide bonds. The first kappa shape index (κ1) is 6.63. The summed E-state index contributed by atoms with van der Waals surface area (Å²) in [7, 11) is 0. The third-order valence-electron chi connectivity index (χ3n) is 0.861. The van der Waals surface area contributed by atoms with Crippen molar-refractivity contribution in [3.63, 3.8) is 0 Å². The van der Waals surface area contributed by atoms with Crippen LogP contribution < -0.4 is 5.73 Å². The normalized spacial score (nSPS) is 23.6. The first-order valence-electron chi connectivity index (χ1n) is 2.25. The molecule has 0 spiro atoms. The third-order valence-corrected chi connectivity index (χ3v) is 1.63. The maximum Gasteiger partial charge on any atom is 0.210 e. The lowest BCUT2D eigenvalue weighted by atomic mass is 10.5. The molecule has 0 aromatic carbocycles. The summed E-state index contributed by atoms with van der Waals surface area (Å²) < 4.78 is -1.80. The van der Waals surface area contributed by atoms with Gasteiger partial charge in [0.15, 0.2) is 0 Å². The van der Waals surface area contributed by atoms with E-state index in [-0.39, 0.29) is 5.82 Å². The van der Waals surface area contributed by atoms with Crippen LogP contribution in [0.25, 0.3) is 0 Å². The minimum atomic E-state index is -1.80. The summed E-state index contributed by atoms with van der Waals surface area (Å²) in [6.45, 7) is 0. The van der Waals surface area contributed by atoms with E-state index in [4.69, 9.17) is 5.73 Å². The first-order chi connectivity index (χ1) is 4.13. The second-order valence-corrected chi connectivity index (χ2v) is 2.49. The first-order valence-corrected chi connectivity index (χ1v) is 3.09. The van der Waals surface area contributed by atoms with Gasteiger partial charge in [-0.05, 0) is 6.08 Å². The van der Waals surface area contributed by atoms with Crippen molar-refractivity contribution in [2.45, 2.75) is 0 Å². The van der Waals surface area contributed by atoms with Gasteiger partial charge in [0.25, 0.3) is 0 Å². The van der Waals surface area contributed by atoms with Gasteiger partial charge in [0.05, 0.1) is 0 Å². The molecule has 4 nitrogen and oxygen atoms in total. The van der Waals surface area contributed by atoms with Crippen LogP contribution in [0, 0.1) is 10.4 Å². The van der Waals surface area contributed by atoms with Gasteiger partial charge in [-0.25, -0.2) is 0 Å². The molecule has 5 heteroatoms. The smallest absolute Gasteiger partial charge is 0.210 e. The zero-order valence-electron chi connectivity index (χ0n) is 4.48. The van der Waals surface area contributed by atoms with Crippen LogP contribution in [0.1, 0.15) is 0 Å². The lowest BCUT2D eigenvalue weighted by molar-refractivity contribution is -0.636. The highest BCUT2D eigenvalue weighted by Crippen LogP contribution is 2.27. The second-order valence-electron chi connectivity index (χ2n) is 1.52. The van der Waals surface area contributed by atoms with Crippen molar-refractivity contribution >= 4 is 11.9 Å². The van der Waals surface area contributed by atoms with Gasteiger partial charge in [0, 0.05) is 11.5 Å². The number of nitrogens with zero attached hydrogens (tertiary/aromatic N) is 1. The number of hydrogen-bond acceptors (Lipinski definition) is 4. The van der Waals surface area contributed by atoms with Gasteiger partial charge in [-0.2, -0.15) is 0 Å². The SMILES string of the molecule is NC1=CC=CS[N+]1([O-])[O-]. The molecule has 1 aliphatic rings. The number of nitrogens with two attached hydrogens (primary N) is 1. The number of rotatable bonds is 0. The summed E-state index contributed by atoms with van der Waals surface area (Å²) in [6, 6.07) is 0. The van der Waals surface area contributed by atoms with Gasteiger partial charge in [0.1, 0.15) is 11.9 Å². The molecule has 0 aromatic heterocycles. The van der Waals surface area contributed by atoms with Crippen LogP contribution in [0.4, 0.5) is 0 Å². The Hall–Kier alpha value is -0.490. The summed E-state index contributed by atoms with van der Waals surface area (Å²) >= 11 is 0.581. The molecule has 9 heavy (non-hydrogen) atoms. The predicted octanol–water partition coefficient (Wildman–Crippen LogP) is 0.774. The summed E-state index contributed by atoms with van der Waals surface area (Å²) in [6.07, 6.45) is 2.86. The molecule has 1 rings (SSSR count). The Labute approximate surface area is 56.5 Å². The zero-order chi connectivity index (χ0) is 6.91. The largest absolute Gasteiger partial charge is 0.612 e. The predicted molar refractivity (Wildman–Crippen MR) is 36.0 cm³/mol. The van der Waals surface area contributed by atoms with E-state index in [2.05, 4.69) is 0 Å². The number of hydroxylamine groups is 2. The summed E-state index contributed by atoms with van der Waals surface area (Å²) in [5, 5.41) is 22.5. The van der Waals surface area contributed by atoms with Crippen LogP contribution in [0.15, 0.2) is 23.4 Å². The van der Waals surface area contributed by atoms with Crippen LogP contribution in [0.2, 0.25) is 0 Å². The van der Waals surface area contributed by atoms with Crippen LogP contribution in [-0.2, 0) is 0 Å². The van der Waals surface area contributed by atoms with E-state index in [1.54, 1.807) is 6.08 Å². The van der Waals surface area contributed by atoms with Gasteiger partial charge in [-0.1, -0.05) is 0 Å². The monoisotopic (exact) mass is 145 g/mol. The molecule has 0 saturated carbocycles. The molecule has 0 bridgehead atoms. The van der Waals surface area contributed by atoms with Gasteiger partial charge in [-0.3, -0.25) is 4.21 Å². The minimum Gasteiger partial charge on any atom is -0.612 e. The molecule has 0 aromatic rings. The summed E-state index contributed by atoms with van der Waals surface area (Å²) in [5.74, 6) is -0.220. The van der Waals surface area contributed by atoms with Crippen molar-refractivity contribution in [3.8, 4) is 0 Å². The van der Waals surface area contributed by atoms with E-state index in [1.807, 2.05) is 0 Å². The Morgan fingerprint density at radius 1 is 1.56 bits per heavy atom. The molecule has 1 aliphatic heterocycles. The van der Waals surface area contributed by atoms with Crippen LogP contribution in [0.3, 0.4) is 0 Å². The molecule has 0 saturated heterocycles. The molecule has 0 unspecified atom stereocenters. The highest BCUT2D eigenvalue weighted by Gasteiger charge is 2.11. The highest BCUT2D eigenvalue weighted by molar-refractivity contribution is 7.96. The fourth-order valence-electron chi connectivity index (χ4n) is 0.405. The Morgan fingerprint density at radius 2 is 2.22 bits per heavy atom. The Kier molecular flexibility index (Phi) is 1.50. The lowest BCUT2D eigenvalue weighted by Crippen LogP contribution is -2.31. The van der Waals surface area contributed by atoms with E-state index in [0.29, 0.717) is 11.9 Å². The van der Waals surface area contributed by atoms with Crippen molar-refractivity contribution in [2.24, 2.45) is 5.73 Å². The Morgan fingerprint density at radius 3 is 2.56 bits per heavy atom. The summed E-state index contributed by atoms with van der Waals surface area (Å²) in [5.41, 5.74) is 5.05. The molecule has 0 radical (unpaired) electrons. The lowest BCUT2D eigenvalue weighted by Gasteiger charge is -2.42. The van der Waals surface area contributed by atoms with E-state index >= 15 is 0 Å². The van der Waals surface area contributed by atoms with Gasteiger partial charge < -0.3 is 16.1 Å². The third kappa shape index (κ3) is 1.25. The maximum atomic E-state index is 10.6. The molecule has 0 fully saturated rings. The van der Waals surface area contributed by atoms with Crippen LogP contribution in [0.5, 0.6) is 0 Å². The number of quaternary nitrogens is 1. The molecule has 50 valence electrons. The maximum absolute atomic E-state index is 10.6. The van der Waals surface area contributed by atoms with Crippen molar-refractivity contribution < 1.29 is 4.21 Å². The standard InChI is InChI=1S/C4H5N2O2S/c5-4-2-1-3-9-6(4,7)8/h1-3H,5H2/q-1. The second kappa shape index (κ2) is 2.03. The number of allylic oxidation sites excluding steroid dienone is 2. The van der Waals surface area contributed by atoms with Crippen molar-refractivity contribution in [1.82, 2.24) is 0 Å². The Bertz CT molecular complexity index is 175. The molecule has 0 aliphatic carbocycles. The van der Waals surface area contributed by atoms with Crippen molar-refractivity contribution in [3.05, 3.63) is 33.8 Å². The zero-order valence-corrected chi connectivity index (χ0v) is 5.30. The minimum absolute atomic E-state index is 0.220. The fraction of sp³-hybridized carbons (Fsp3) is 0. The molecule has 2 N–H and O–H groups in total. The fourth-order valence-corrected chi connectivity index (χ4v) is 0.897. The summed E-state index contributed by atoms with van der Waals surface area (Å²) in [4.78, 5) is 0. The average Bonchev–Trinajstić information content (AvgIpc) is 1.77. The average molecular weight is 145 g/mol. The quantitative estimate of drug-likeness (QED) is 0.310. The van der Waals surface area contributed by atoms with Gasteiger partial charge >= 0.3 is 0 Å². The van der Waals surface area contributed by atoms with Crippen molar-refractivity contribution in [2.75, 3.05) is 0 Å². The van der Waals surface area contributed by atoms with Gasteiger partial charge in [0.2, 0.25) is 5.82 Å². The highest BCUT2D eigenvalue weighted by atomic mass is 32.2. The van der Waals surface area contributed by atoms with Crippen molar-refractivity contribution in [1.29, 1.82) is 0 Å². The Balaban J connectivity index is 2.83.